The van der Waals surface area contributed by atoms with Gasteiger partial charge in [-0.05, 0) is 26.0 Å². The van der Waals surface area contributed by atoms with Gasteiger partial charge < -0.3 is 10.5 Å². The van der Waals surface area contributed by atoms with Crippen LogP contribution in [0, 0.1) is 11.6 Å². The van der Waals surface area contributed by atoms with Crippen LogP contribution in [0.3, 0.4) is 0 Å². The molecule has 19 heavy (non-hydrogen) atoms. The van der Waals surface area contributed by atoms with Crippen LogP contribution in [0.5, 0.6) is 0 Å². The summed E-state index contributed by atoms with van der Waals surface area (Å²) in [6.07, 6.45) is 0.0697. The molecule has 1 fully saturated rings. The van der Waals surface area contributed by atoms with Gasteiger partial charge >= 0.3 is 0 Å². The summed E-state index contributed by atoms with van der Waals surface area (Å²) >= 11 is 0. The molecule has 0 aliphatic carbocycles. The number of hydrogen-bond donors (Lipinski definition) is 1. The SMILES string of the molecule is C[C@@H]1CN([C@@H](CN)c2c(F)cccc2F)C[C@@H](C)O1. The number of morpholine rings is 1. The standard InChI is InChI=1S/C14H20F2N2O/c1-9-7-18(8-10(2)19-9)13(6-17)14-11(15)4-3-5-12(14)16/h3-5,9-10,13H,6-8,17H2,1-2H3/t9-,10-,13+/m1/s1. The lowest BCUT2D eigenvalue weighted by Crippen LogP contribution is -2.48. The molecule has 3 atom stereocenters. The zero-order valence-corrected chi connectivity index (χ0v) is 11.3. The lowest BCUT2D eigenvalue weighted by molar-refractivity contribution is -0.0806. The molecule has 0 bridgehead atoms. The molecule has 0 unspecified atom stereocenters. The predicted molar refractivity (Wildman–Crippen MR) is 69.7 cm³/mol. The molecule has 3 nitrogen and oxygen atoms in total. The average molecular weight is 270 g/mol. The highest BCUT2D eigenvalue weighted by Crippen LogP contribution is 2.28. The second-order valence-corrected chi connectivity index (χ2v) is 5.10. The number of nitrogens with zero attached hydrogens (tertiary/aromatic N) is 1. The monoisotopic (exact) mass is 270 g/mol. The Balaban J connectivity index is 2.29. The van der Waals surface area contributed by atoms with Crippen molar-refractivity contribution in [2.45, 2.75) is 32.1 Å². The van der Waals surface area contributed by atoms with Gasteiger partial charge in [-0.15, -0.1) is 0 Å². The zero-order chi connectivity index (χ0) is 14.0. The molecule has 1 aromatic rings. The van der Waals surface area contributed by atoms with Gasteiger partial charge in [0.15, 0.2) is 0 Å². The van der Waals surface area contributed by atoms with Crippen LogP contribution in [0.25, 0.3) is 0 Å². The van der Waals surface area contributed by atoms with E-state index in [2.05, 4.69) is 0 Å². The first-order chi connectivity index (χ1) is 9.02. The van der Waals surface area contributed by atoms with Crippen LogP contribution >= 0.6 is 0 Å². The number of hydrogen-bond acceptors (Lipinski definition) is 3. The lowest BCUT2D eigenvalue weighted by Gasteiger charge is -2.40. The highest BCUT2D eigenvalue weighted by Gasteiger charge is 2.31. The van der Waals surface area contributed by atoms with Crippen LogP contribution in [0.1, 0.15) is 25.5 Å². The van der Waals surface area contributed by atoms with Gasteiger partial charge in [-0.25, -0.2) is 8.78 Å². The topological polar surface area (TPSA) is 38.5 Å². The van der Waals surface area contributed by atoms with Crippen molar-refractivity contribution in [1.29, 1.82) is 0 Å². The number of halogens is 2. The number of benzene rings is 1. The molecule has 0 spiro atoms. The van der Waals surface area contributed by atoms with Gasteiger partial charge in [0.1, 0.15) is 11.6 Å². The number of ether oxygens (including phenoxy) is 1. The molecular weight excluding hydrogens is 250 g/mol. The smallest absolute Gasteiger partial charge is 0.130 e. The van der Waals surface area contributed by atoms with Crippen molar-refractivity contribution >= 4 is 0 Å². The Labute approximate surface area is 112 Å². The molecule has 1 aromatic carbocycles. The van der Waals surface area contributed by atoms with Crippen molar-refractivity contribution in [1.82, 2.24) is 4.90 Å². The number of nitrogens with two attached hydrogens (primary N) is 1. The maximum absolute atomic E-state index is 13.9. The van der Waals surface area contributed by atoms with Crippen LogP contribution < -0.4 is 5.73 Å². The van der Waals surface area contributed by atoms with Crippen LogP contribution in [0.15, 0.2) is 18.2 Å². The van der Waals surface area contributed by atoms with E-state index in [-0.39, 0.29) is 24.3 Å². The van der Waals surface area contributed by atoms with Crippen LogP contribution in [0.2, 0.25) is 0 Å². The van der Waals surface area contributed by atoms with Crippen molar-refractivity contribution < 1.29 is 13.5 Å². The Kier molecular flexibility index (Phi) is 4.50. The Morgan fingerprint density at radius 3 is 2.26 bits per heavy atom. The Morgan fingerprint density at radius 2 is 1.79 bits per heavy atom. The van der Waals surface area contributed by atoms with E-state index in [0.29, 0.717) is 13.1 Å². The van der Waals surface area contributed by atoms with E-state index in [0.717, 1.165) is 0 Å². The minimum absolute atomic E-state index is 0.0348. The van der Waals surface area contributed by atoms with E-state index in [1.54, 1.807) is 0 Å². The maximum Gasteiger partial charge on any atom is 0.130 e. The first kappa shape index (κ1) is 14.4. The van der Waals surface area contributed by atoms with E-state index >= 15 is 0 Å². The summed E-state index contributed by atoms with van der Waals surface area (Å²) in [5, 5.41) is 0. The molecule has 1 aliphatic rings. The molecule has 0 saturated carbocycles. The highest BCUT2D eigenvalue weighted by molar-refractivity contribution is 5.24. The van der Waals surface area contributed by atoms with Gasteiger partial charge in [-0.2, -0.15) is 0 Å². The molecule has 2 N–H and O–H groups in total. The highest BCUT2D eigenvalue weighted by atomic mass is 19.1. The second kappa shape index (κ2) is 5.94. The predicted octanol–water partition coefficient (Wildman–Crippen LogP) is 2.07. The Bertz CT molecular complexity index is 411. The van der Waals surface area contributed by atoms with E-state index in [9.17, 15) is 8.78 Å². The van der Waals surface area contributed by atoms with Crippen LogP contribution in [-0.2, 0) is 4.74 Å². The van der Waals surface area contributed by atoms with Crippen molar-refractivity contribution in [3.8, 4) is 0 Å². The molecule has 0 radical (unpaired) electrons. The minimum Gasteiger partial charge on any atom is -0.373 e. The summed E-state index contributed by atoms with van der Waals surface area (Å²) in [7, 11) is 0. The van der Waals surface area contributed by atoms with Crippen molar-refractivity contribution in [2.24, 2.45) is 5.73 Å². The van der Waals surface area contributed by atoms with Gasteiger partial charge in [0.2, 0.25) is 0 Å². The average Bonchev–Trinajstić information content (AvgIpc) is 2.32. The Morgan fingerprint density at radius 1 is 1.26 bits per heavy atom. The van der Waals surface area contributed by atoms with Crippen LogP contribution in [-0.4, -0.2) is 36.7 Å². The van der Waals surface area contributed by atoms with Crippen molar-refractivity contribution in [2.75, 3.05) is 19.6 Å². The van der Waals surface area contributed by atoms with Gasteiger partial charge in [0, 0.05) is 25.2 Å². The molecule has 1 heterocycles. The molecule has 1 saturated heterocycles. The minimum atomic E-state index is -0.540. The fraction of sp³-hybridized carbons (Fsp3) is 0.571. The molecular formula is C14H20F2N2O. The third-order valence-corrected chi connectivity index (χ3v) is 3.44. The Hall–Kier alpha value is -1.04. The summed E-state index contributed by atoms with van der Waals surface area (Å²) in [6.45, 7) is 5.33. The number of rotatable bonds is 3. The molecule has 5 heteroatoms. The van der Waals surface area contributed by atoms with E-state index < -0.39 is 17.7 Å². The largest absolute Gasteiger partial charge is 0.373 e. The fourth-order valence-corrected chi connectivity index (χ4v) is 2.75. The van der Waals surface area contributed by atoms with E-state index in [4.69, 9.17) is 10.5 Å². The summed E-state index contributed by atoms with van der Waals surface area (Å²) in [6, 6.07) is 3.46. The van der Waals surface area contributed by atoms with E-state index in [1.165, 1.54) is 18.2 Å². The quantitative estimate of drug-likeness (QED) is 0.914. The van der Waals surface area contributed by atoms with Gasteiger partial charge in [0.25, 0.3) is 0 Å². The molecule has 2 rings (SSSR count). The first-order valence-electron chi connectivity index (χ1n) is 6.56. The molecule has 0 aromatic heterocycles. The van der Waals surface area contributed by atoms with Crippen molar-refractivity contribution in [3.05, 3.63) is 35.4 Å². The lowest BCUT2D eigenvalue weighted by atomic mass is 10.0. The van der Waals surface area contributed by atoms with Gasteiger partial charge in [-0.1, -0.05) is 6.07 Å². The van der Waals surface area contributed by atoms with Crippen LogP contribution in [0.4, 0.5) is 8.78 Å². The zero-order valence-electron chi connectivity index (χ0n) is 11.3. The van der Waals surface area contributed by atoms with Gasteiger partial charge in [-0.3, -0.25) is 4.90 Å². The molecule has 1 aliphatic heterocycles. The third kappa shape index (κ3) is 3.11. The van der Waals surface area contributed by atoms with E-state index in [1.807, 2.05) is 18.7 Å². The van der Waals surface area contributed by atoms with Gasteiger partial charge in [0.05, 0.1) is 18.2 Å². The molecule has 106 valence electrons. The normalized spacial score (nSPS) is 26.4. The summed E-state index contributed by atoms with van der Waals surface area (Å²) < 4.78 is 33.4. The molecule has 0 amide bonds. The second-order valence-electron chi connectivity index (χ2n) is 5.10. The summed E-state index contributed by atoms with van der Waals surface area (Å²) in [4.78, 5) is 2.00. The first-order valence-corrected chi connectivity index (χ1v) is 6.56. The maximum atomic E-state index is 13.9. The summed E-state index contributed by atoms with van der Waals surface area (Å²) in [5.41, 5.74) is 5.81. The summed E-state index contributed by atoms with van der Waals surface area (Å²) in [5.74, 6) is -1.08. The van der Waals surface area contributed by atoms with Crippen molar-refractivity contribution in [3.63, 3.8) is 0 Å². The fourth-order valence-electron chi connectivity index (χ4n) is 2.75. The third-order valence-electron chi connectivity index (χ3n) is 3.44.